The summed E-state index contributed by atoms with van der Waals surface area (Å²) in [5.74, 6) is 0. The molecule has 0 radical (unpaired) electrons. The van der Waals surface area contributed by atoms with Crippen LogP contribution in [0.15, 0.2) is 0 Å². The van der Waals surface area contributed by atoms with E-state index in [9.17, 15) is 0 Å². The summed E-state index contributed by atoms with van der Waals surface area (Å²) in [5, 5.41) is 0. The Labute approximate surface area is 127 Å². The normalized spacial score (nSPS) is 17.2. The van der Waals surface area contributed by atoms with Crippen LogP contribution < -0.4 is 18.9 Å². The molecule has 1 aliphatic rings. The molecular weight excluding hydrogens is 213 g/mol. The van der Waals surface area contributed by atoms with Crippen molar-refractivity contribution < 1.29 is 18.9 Å². The Hall–Kier alpha value is 0.557. The maximum atomic E-state index is 3.89. The molecule has 0 unspecified atom stereocenters. The van der Waals surface area contributed by atoms with Crippen LogP contribution in [0.25, 0.3) is 0 Å². The summed E-state index contributed by atoms with van der Waals surface area (Å²) >= 11 is 0. The third-order valence-corrected chi connectivity index (χ3v) is 3.92. The van der Waals surface area contributed by atoms with Gasteiger partial charge in [-0.25, -0.2) is 0 Å². The Bertz CT molecular complexity index is 153. The minimum absolute atomic E-state index is 0. The van der Waals surface area contributed by atoms with Gasteiger partial charge in [-0.2, -0.15) is 6.42 Å². The molecule has 0 aliphatic carbocycles. The van der Waals surface area contributed by atoms with Gasteiger partial charge in [-0.3, -0.25) is 0 Å². The Morgan fingerprint density at radius 1 is 0.667 bits per heavy atom. The zero-order valence-corrected chi connectivity index (χ0v) is 12.8. The summed E-state index contributed by atoms with van der Waals surface area (Å²) in [6.07, 6.45) is 16.8. The molecule has 102 valence electrons. The van der Waals surface area contributed by atoms with E-state index < -0.39 is 0 Å². The molecule has 1 fully saturated rings. The van der Waals surface area contributed by atoms with Crippen molar-refractivity contribution in [3.8, 4) is 0 Å². The summed E-state index contributed by atoms with van der Waals surface area (Å²) < 4.78 is 0. The van der Waals surface area contributed by atoms with Crippen molar-refractivity contribution in [2.24, 2.45) is 0 Å². The second-order valence-electron chi connectivity index (χ2n) is 5.58. The number of rotatable bonds is 9. The van der Waals surface area contributed by atoms with Crippen molar-refractivity contribution in [1.29, 1.82) is 0 Å². The molecule has 0 aromatic rings. The molecule has 0 N–H and O–H groups in total. The van der Waals surface area contributed by atoms with Crippen LogP contribution in [0.4, 0.5) is 0 Å². The molecule has 1 aliphatic heterocycles. The van der Waals surface area contributed by atoms with Crippen LogP contribution in [0.3, 0.4) is 0 Å². The number of hydrogen-bond acceptors (Lipinski definition) is 1. The fourth-order valence-electron chi connectivity index (χ4n) is 2.76. The van der Waals surface area contributed by atoms with Gasteiger partial charge in [-0.1, -0.05) is 51.4 Å². The Morgan fingerprint density at radius 2 is 1.17 bits per heavy atom. The van der Waals surface area contributed by atoms with Gasteiger partial charge in [0.1, 0.15) is 0 Å². The van der Waals surface area contributed by atoms with Gasteiger partial charge < -0.3 is 11.8 Å². The number of hydrogen-bond donors (Lipinski definition) is 0. The first-order valence-electron chi connectivity index (χ1n) is 7.95. The monoisotopic (exact) mass is 245 g/mol. The SMILES string of the molecule is [CH2-]CCCCCCCCCN1CCCCCC1.[Li+]. The van der Waals surface area contributed by atoms with Crippen LogP contribution in [0.2, 0.25) is 0 Å². The second-order valence-corrected chi connectivity index (χ2v) is 5.58. The van der Waals surface area contributed by atoms with E-state index in [2.05, 4.69) is 11.8 Å². The maximum Gasteiger partial charge on any atom is 1.00 e. The zero-order valence-electron chi connectivity index (χ0n) is 12.8. The van der Waals surface area contributed by atoms with Crippen LogP contribution in [-0.2, 0) is 0 Å². The fraction of sp³-hybridized carbons (Fsp3) is 0.938. The quantitative estimate of drug-likeness (QED) is 0.340. The zero-order chi connectivity index (χ0) is 12.2. The van der Waals surface area contributed by atoms with Crippen molar-refractivity contribution >= 4 is 0 Å². The molecule has 0 aromatic heterocycles. The maximum absolute atomic E-state index is 3.89. The minimum atomic E-state index is 0. The Balaban J connectivity index is 0.00000289. The first kappa shape index (κ1) is 18.6. The van der Waals surface area contributed by atoms with Gasteiger partial charge >= 0.3 is 18.9 Å². The van der Waals surface area contributed by atoms with E-state index in [0.29, 0.717) is 0 Å². The number of nitrogens with zero attached hydrogens (tertiary/aromatic N) is 1. The topological polar surface area (TPSA) is 3.24 Å². The Morgan fingerprint density at radius 3 is 1.72 bits per heavy atom. The largest absolute Gasteiger partial charge is 1.00 e. The van der Waals surface area contributed by atoms with Gasteiger partial charge in [0.2, 0.25) is 0 Å². The van der Waals surface area contributed by atoms with Crippen molar-refractivity contribution in [3.05, 3.63) is 6.92 Å². The number of likely N-dealkylation sites (tertiary alicyclic amines) is 1. The fourth-order valence-corrected chi connectivity index (χ4v) is 2.76. The van der Waals surface area contributed by atoms with Gasteiger partial charge in [0.15, 0.2) is 0 Å². The van der Waals surface area contributed by atoms with E-state index >= 15 is 0 Å². The molecular formula is C16H32LiN. The molecule has 1 rings (SSSR count). The summed E-state index contributed by atoms with van der Waals surface area (Å²) in [4.78, 5) is 2.69. The van der Waals surface area contributed by atoms with Crippen molar-refractivity contribution in [1.82, 2.24) is 4.90 Å². The first-order chi connectivity index (χ1) is 8.43. The molecule has 2 heteroatoms. The van der Waals surface area contributed by atoms with Gasteiger partial charge in [-0.15, -0.1) is 0 Å². The smallest absolute Gasteiger partial charge is 0.343 e. The molecule has 18 heavy (non-hydrogen) atoms. The second kappa shape index (κ2) is 14.0. The predicted octanol–water partition coefficient (Wildman–Crippen LogP) is 1.82. The van der Waals surface area contributed by atoms with E-state index in [1.807, 2.05) is 0 Å². The summed E-state index contributed by atoms with van der Waals surface area (Å²) in [5.41, 5.74) is 0. The van der Waals surface area contributed by atoms with Gasteiger partial charge in [0, 0.05) is 0 Å². The summed E-state index contributed by atoms with van der Waals surface area (Å²) in [6.45, 7) is 7.98. The summed E-state index contributed by atoms with van der Waals surface area (Å²) in [6, 6.07) is 0. The van der Waals surface area contributed by atoms with Crippen molar-refractivity contribution in [3.63, 3.8) is 0 Å². The van der Waals surface area contributed by atoms with E-state index in [1.54, 1.807) is 0 Å². The molecule has 0 spiro atoms. The van der Waals surface area contributed by atoms with E-state index in [1.165, 1.54) is 90.3 Å². The average Bonchev–Trinajstić information content (AvgIpc) is 2.61. The van der Waals surface area contributed by atoms with E-state index in [4.69, 9.17) is 0 Å². The molecule has 0 atom stereocenters. The average molecular weight is 245 g/mol. The van der Waals surface area contributed by atoms with Crippen LogP contribution >= 0.6 is 0 Å². The number of unbranched alkanes of at least 4 members (excludes halogenated alkanes) is 7. The van der Waals surface area contributed by atoms with Crippen LogP contribution in [0, 0.1) is 6.92 Å². The minimum Gasteiger partial charge on any atom is -0.343 e. The van der Waals surface area contributed by atoms with Gasteiger partial charge in [-0.05, 0) is 38.9 Å². The predicted molar refractivity (Wildman–Crippen MR) is 77.2 cm³/mol. The van der Waals surface area contributed by atoms with Crippen LogP contribution in [0.5, 0.6) is 0 Å². The van der Waals surface area contributed by atoms with Crippen LogP contribution in [-0.4, -0.2) is 24.5 Å². The molecule has 0 aromatic carbocycles. The first-order valence-corrected chi connectivity index (χ1v) is 7.95. The van der Waals surface area contributed by atoms with E-state index in [-0.39, 0.29) is 18.9 Å². The molecule has 1 saturated heterocycles. The van der Waals surface area contributed by atoms with Crippen molar-refractivity contribution in [2.45, 2.75) is 77.0 Å². The molecule has 0 saturated carbocycles. The standard InChI is InChI=1S/C16H32N.Li/c1-2-3-4-5-6-7-8-11-14-17-15-12-9-10-13-16-17;/h1-16H2;/q-1;+1. The van der Waals surface area contributed by atoms with Crippen molar-refractivity contribution in [2.75, 3.05) is 19.6 Å². The molecule has 0 bridgehead atoms. The molecule has 0 amide bonds. The Kier molecular flexibility index (Phi) is 14.4. The van der Waals surface area contributed by atoms with Gasteiger partial charge in [0.25, 0.3) is 0 Å². The van der Waals surface area contributed by atoms with Crippen LogP contribution in [0.1, 0.15) is 77.0 Å². The van der Waals surface area contributed by atoms with E-state index in [0.717, 1.165) is 6.42 Å². The van der Waals surface area contributed by atoms with Gasteiger partial charge in [0.05, 0.1) is 0 Å². The molecule has 1 heterocycles. The summed E-state index contributed by atoms with van der Waals surface area (Å²) in [7, 11) is 0. The third kappa shape index (κ3) is 10.5. The molecule has 1 nitrogen and oxygen atoms in total. The third-order valence-electron chi connectivity index (χ3n) is 3.92.